The molecule has 4 aromatic rings. The van der Waals surface area contributed by atoms with Gasteiger partial charge in [0.15, 0.2) is 11.5 Å². The van der Waals surface area contributed by atoms with Gasteiger partial charge in [-0.1, -0.05) is 36.3 Å². The van der Waals surface area contributed by atoms with Crippen molar-refractivity contribution in [2.75, 3.05) is 19.8 Å². The van der Waals surface area contributed by atoms with Gasteiger partial charge < -0.3 is 14.2 Å². The number of ether oxygens (including phenoxy) is 3. The van der Waals surface area contributed by atoms with Gasteiger partial charge in [-0.25, -0.2) is 0 Å². The first kappa shape index (κ1) is 23.3. The average molecular weight is 508 g/mol. The molecule has 0 fully saturated rings. The van der Waals surface area contributed by atoms with Crippen LogP contribution in [-0.4, -0.2) is 25.5 Å². The van der Waals surface area contributed by atoms with Gasteiger partial charge in [0.05, 0.1) is 11.6 Å². The molecule has 7 heteroatoms. The molecule has 6 nitrogen and oxygen atoms in total. The molecular formula is C30H25N3O3S. The van der Waals surface area contributed by atoms with Crippen molar-refractivity contribution < 1.29 is 14.2 Å². The van der Waals surface area contributed by atoms with Gasteiger partial charge in [-0.3, -0.25) is 0 Å². The van der Waals surface area contributed by atoms with E-state index >= 15 is 0 Å². The molecular weight excluding hydrogens is 482 g/mol. The summed E-state index contributed by atoms with van der Waals surface area (Å²) < 4.78 is 19.1. The van der Waals surface area contributed by atoms with E-state index < -0.39 is 0 Å². The van der Waals surface area contributed by atoms with Crippen molar-refractivity contribution >= 4 is 27.1 Å². The van der Waals surface area contributed by atoms with Crippen LogP contribution < -0.4 is 14.2 Å². The molecule has 0 N–H and O–H groups in total. The van der Waals surface area contributed by atoms with Crippen molar-refractivity contribution in [2.24, 2.45) is 15.4 Å². The summed E-state index contributed by atoms with van der Waals surface area (Å²) in [7, 11) is 0. The summed E-state index contributed by atoms with van der Waals surface area (Å²) in [5.74, 6) is 8.84. The largest absolute Gasteiger partial charge is 0.489 e. The van der Waals surface area contributed by atoms with Crippen LogP contribution in [0.1, 0.15) is 30.4 Å². The van der Waals surface area contributed by atoms with Crippen molar-refractivity contribution in [1.82, 2.24) is 0 Å². The van der Waals surface area contributed by atoms with E-state index in [9.17, 15) is 0 Å². The lowest BCUT2D eigenvalue weighted by atomic mass is 9.94. The zero-order chi connectivity index (χ0) is 25.0. The van der Waals surface area contributed by atoms with Crippen molar-refractivity contribution in [3.05, 3.63) is 77.2 Å². The van der Waals surface area contributed by atoms with E-state index in [2.05, 4.69) is 69.1 Å². The number of hydrogen-bond donors (Lipinski definition) is 0. The zero-order valence-corrected chi connectivity index (χ0v) is 21.3. The topological polar surface area (TPSA) is 64.8 Å². The van der Waals surface area contributed by atoms with Crippen molar-refractivity contribution in [1.29, 1.82) is 0 Å². The number of fused-ring (bicyclic) bond motifs is 2. The lowest BCUT2D eigenvalue weighted by Crippen LogP contribution is -2.15. The molecule has 37 heavy (non-hydrogen) atoms. The second-order valence-corrected chi connectivity index (χ2v) is 9.78. The number of nitrogens with zero attached hydrogens (tertiary/aromatic N) is 3. The maximum atomic E-state index is 6.15. The SMILES string of the molecule is CC#C[C@@H](CC1=NN=NC1)c1ccc(OCc2ccc3scc(-c4cccc5c4OCCO5)c3c2)cc1. The fourth-order valence-electron chi connectivity index (χ4n) is 4.63. The van der Waals surface area contributed by atoms with Gasteiger partial charge in [-0.15, -0.1) is 22.4 Å². The molecule has 0 saturated heterocycles. The minimum absolute atomic E-state index is 0.0684. The molecule has 3 heterocycles. The third kappa shape index (κ3) is 4.93. The number of hydrogen-bond acceptors (Lipinski definition) is 7. The van der Waals surface area contributed by atoms with E-state index in [0.29, 0.717) is 26.4 Å². The Morgan fingerprint density at radius 1 is 1.03 bits per heavy atom. The third-order valence-corrected chi connectivity index (χ3v) is 7.41. The predicted octanol–water partition coefficient (Wildman–Crippen LogP) is 7.24. The molecule has 0 bridgehead atoms. The molecule has 2 aliphatic heterocycles. The van der Waals surface area contributed by atoms with Crippen LogP contribution >= 0.6 is 11.3 Å². The summed E-state index contributed by atoms with van der Waals surface area (Å²) in [5.41, 5.74) is 5.43. The maximum Gasteiger partial charge on any atom is 0.169 e. The predicted molar refractivity (Wildman–Crippen MR) is 147 cm³/mol. The number of benzene rings is 3. The number of para-hydroxylation sites is 1. The monoisotopic (exact) mass is 507 g/mol. The maximum absolute atomic E-state index is 6.15. The lowest BCUT2D eigenvalue weighted by Gasteiger charge is -2.20. The quantitative estimate of drug-likeness (QED) is 0.248. The Labute approximate surface area is 219 Å². The highest BCUT2D eigenvalue weighted by Gasteiger charge is 2.19. The van der Waals surface area contributed by atoms with Gasteiger partial charge in [-0.2, -0.15) is 5.11 Å². The number of rotatable bonds is 7. The molecule has 2 aliphatic rings. The van der Waals surface area contributed by atoms with Gasteiger partial charge >= 0.3 is 0 Å². The van der Waals surface area contributed by atoms with Gasteiger partial charge in [0.2, 0.25) is 0 Å². The summed E-state index contributed by atoms with van der Waals surface area (Å²) in [5, 5.41) is 15.1. The first-order valence-electron chi connectivity index (χ1n) is 12.2. The molecule has 0 unspecified atom stereocenters. The van der Waals surface area contributed by atoms with Crippen LogP contribution in [0.25, 0.3) is 21.2 Å². The van der Waals surface area contributed by atoms with Crippen LogP contribution in [0.4, 0.5) is 0 Å². The molecule has 1 atom stereocenters. The van der Waals surface area contributed by atoms with E-state index in [1.807, 2.05) is 31.2 Å². The van der Waals surface area contributed by atoms with Crippen molar-refractivity contribution in [2.45, 2.75) is 25.9 Å². The molecule has 184 valence electrons. The molecule has 6 rings (SSSR count). The molecule has 0 spiro atoms. The highest BCUT2D eigenvalue weighted by atomic mass is 32.1. The van der Waals surface area contributed by atoms with E-state index in [4.69, 9.17) is 14.2 Å². The summed E-state index contributed by atoms with van der Waals surface area (Å²) in [6, 6.07) is 20.7. The van der Waals surface area contributed by atoms with E-state index in [0.717, 1.165) is 51.6 Å². The number of thiophene rings is 1. The molecule has 0 aliphatic carbocycles. The van der Waals surface area contributed by atoms with E-state index in [1.165, 1.54) is 10.1 Å². The van der Waals surface area contributed by atoms with Gasteiger partial charge in [0.25, 0.3) is 0 Å². The lowest BCUT2D eigenvalue weighted by molar-refractivity contribution is 0.172. The molecule has 0 radical (unpaired) electrons. The standard InChI is InChI=1S/C30H25N3O3S/c1-2-4-22(16-23-17-31-33-32-23)21-8-10-24(11-9-21)36-18-20-7-12-29-26(15-20)27(19-37-29)25-5-3-6-28-30(25)35-14-13-34-28/h3,5-12,15,19,22H,13-14,16-18H2,1H3/t22-/m0/s1. The second kappa shape index (κ2) is 10.5. The van der Waals surface area contributed by atoms with Crippen LogP contribution in [-0.2, 0) is 6.61 Å². The van der Waals surface area contributed by atoms with Gasteiger partial charge in [0, 0.05) is 27.6 Å². The third-order valence-electron chi connectivity index (χ3n) is 6.44. The van der Waals surface area contributed by atoms with Crippen LogP contribution in [0.3, 0.4) is 0 Å². The molecule has 1 aromatic heterocycles. The van der Waals surface area contributed by atoms with E-state index in [1.54, 1.807) is 11.3 Å². The Morgan fingerprint density at radius 3 is 2.76 bits per heavy atom. The smallest absolute Gasteiger partial charge is 0.169 e. The Morgan fingerprint density at radius 2 is 1.92 bits per heavy atom. The minimum Gasteiger partial charge on any atom is -0.489 e. The van der Waals surface area contributed by atoms with Gasteiger partial charge in [0.1, 0.15) is 32.1 Å². The summed E-state index contributed by atoms with van der Waals surface area (Å²) in [4.78, 5) is 0. The van der Waals surface area contributed by atoms with Crippen LogP contribution in [0, 0.1) is 11.8 Å². The molecule has 0 amide bonds. The van der Waals surface area contributed by atoms with E-state index in [-0.39, 0.29) is 5.92 Å². The first-order chi connectivity index (χ1) is 18.3. The average Bonchev–Trinajstić information content (AvgIpc) is 3.61. The second-order valence-electron chi connectivity index (χ2n) is 8.87. The summed E-state index contributed by atoms with van der Waals surface area (Å²) in [6.45, 7) is 4.05. The van der Waals surface area contributed by atoms with Crippen LogP contribution in [0.2, 0.25) is 0 Å². The fourth-order valence-corrected chi connectivity index (χ4v) is 5.57. The molecule has 0 saturated carbocycles. The zero-order valence-electron chi connectivity index (χ0n) is 20.4. The normalized spacial score (nSPS) is 14.7. The van der Waals surface area contributed by atoms with Crippen molar-refractivity contribution in [3.63, 3.8) is 0 Å². The first-order valence-corrected chi connectivity index (χ1v) is 13.1. The van der Waals surface area contributed by atoms with Crippen molar-refractivity contribution in [3.8, 4) is 40.2 Å². The Balaban J connectivity index is 1.18. The Kier molecular flexibility index (Phi) is 6.57. The minimum atomic E-state index is 0.0684. The van der Waals surface area contributed by atoms with Crippen LogP contribution in [0.15, 0.2) is 81.5 Å². The molecule has 3 aromatic carbocycles. The highest BCUT2D eigenvalue weighted by molar-refractivity contribution is 7.17. The summed E-state index contributed by atoms with van der Waals surface area (Å²) >= 11 is 1.73. The van der Waals surface area contributed by atoms with Gasteiger partial charge in [-0.05, 0) is 59.0 Å². The fraction of sp³-hybridized carbons (Fsp3) is 0.233. The summed E-state index contributed by atoms with van der Waals surface area (Å²) in [6.07, 6.45) is 0.735. The Bertz CT molecular complexity index is 1560. The Hall–Kier alpha value is -4.15. The highest BCUT2D eigenvalue weighted by Crippen LogP contribution is 2.44. The van der Waals surface area contributed by atoms with Crippen LogP contribution in [0.5, 0.6) is 17.2 Å².